The molecule has 1 N–H and O–H groups in total. The third-order valence-electron chi connectivity index (χ3n) is 6.78. The second-order valence-corrected chi connectivity index (χ2v) is 9.62. The van der Waals surface area contributed by atoms with E-state index in [-0.39, 0.29) is 46.1 Å². The van der Waals surface area contributed by atoms with Gasteiger partial charge in [0.1, 0.15) is 0 Å². The van der Waals surface area contributed by atoms with Crippen molar-refractivity contribution in [1.29, 1.82) is 0 Å². The first kappa shape index (κ1) is 22.6. The molecule has 9 heteroatoms. The average molecular weight is 499 g/mol. The lowest BCUT2D eigenvalue weighted by atomic mass is 9.82. The fourth-order valence-corrected chi connectivity index (χ4v) is 5.72. The Morgan fingerprint density at radius 2 is 1.76 bits per heavy atom. The number of nitrogens with zero attached hydrogens (tertiary/aromatic N) is 1. The van der Waals surface area contributed by atoms with Crippen LogP contribution in [0.4, 0.5) is 11.4 Å². The van der Waals surface area contributed by atoms with E-state index < -0.39 is 18.5 Å². The van der Waals surface area contributed by atoms with Crippen molar-refractivity contribution >= 4 is 58.3 Å². The Morgan fingerprint density at radius 3 is 2.47 bits per heavy atom. The minimum atomic E-state index is -0.710. The third-order valence-corrected chi connectivity index (χ3v) is 7.33. The Hall–Kier alpha value is -3.16. The maximum atomic E-state index is 13.0. The van der Waals surface area contributed by atoms with Crippen molar-refractivity contribution in [1.82, 2.24) is 0 Å². The number of fused-ring (bicyclic) bond motifs is 5. The van der Waals surface area contributed by atoms with E-state index in [1.807, 2.05) is 6.92 Å². The maximum absolute atomic E-state index is 13.0. The molecule has 2 aromatic carbocycles. The lowest BCUT2D eigenvalue weighted by Crippen LogP contribution is -2.33. The van der Waals surface area contributed by atoms with Crippen LogP contribution in [0.25, 0.3) is 0 Å². The predicted octanol–water partition coefficient (Wildman–Crippen LogP) is 4.49. The number of nitrogens with one attached hydrogen (secondary N) is 1. The number of halogens is 2. The monoisotopic (exact) mass is 498 g/mol. The zero-order valence-electron chi connectivity index (χ0n) is 18.1. The number of imide groups is 1. The molecule has 0 spiro atoms. The van der Waals surface area contributed by atoms with Crippen LogP contribution in [0.3, 0.4) is 0 Å². The molecular formula is C25H20Cl2N2O5. The molecule has 1 heterocycles. The van der Waals surface area contributed by atoms with Crippen LogP contribution >= 0.6 is 23.2 Å². The Kier molecular flexibility index (Phi) is 5.70. The van der Waals surface area contributed by atoms with Crippen molar-refractivity contribution in [2.45, 2.75) is 13.3 Å². The van der Waals surface area contributed by atoms with Crippen molar-refractivity contribution < 1.29 is 23.9 Å². The van der Waals surface area contributed by atoms with Gasteiger partial charge in [-0.15, -0.1) is 0 Å². The lowest BCUT2D eigenvalue weighted by Gasteiger charge is -2.19. The molecule has 0 unspecified atom stereocenters. The standard InChI is InChI=1S/C25H20Cl2N2O5/c1-12-8-14-9-17(12)22-21(14)23(31)29(24(22)32)16-5-2-13(3-6-16)25(33)34-11-20(30)28-19-7-4-15(26)10-18(19)27/h2-8,10,14,17,21-22H,9,11H2,1H3,(H,28,30)/t14-,17+,21-,22+/m0/s1. The summed E-state index contributed by atoms with van der Waals surface area (Å²) in [6, 6.07) is 10.6. The molecule has 3 aliphatic rings. The topological polar surface area (TPSA) is 92.8 Å². The van der Waals surface area contributed by atoms with E-state index in [0.717, 1.165) is 6.42 Å². The number of ether oxygens (including phenoxy) is 1. The van der Waals surface area contributed by atoms with Gasteiger partial charge in [-0.1, -0.05) is 34.9 Å². The van der Waals surface area contributed by atoms with Crippen molar-refractivity contribution in [3.05, 3.63) is 69.7 Å². The summed E-state index contributed by atoms with van der Waals surface area (Å²) in [6.07, 6.45) is 2.99. The third kappa shape index (κ3) is 3.79. The Morgan fingerprint density at radius 1 is 1.06 bits per heavy atom. The molecule has 1 saturated heterocycles. The molecule has 5 rings (SSSR count). The first-order chi connectivity index (χ1) is 16.2. The number of allylic oxidation sites excluding steroid dienone is 2. The van der Waals surface area contributed by atoms with E-state index in [1.165, 1.54) is 28.7 Å². The zero-order valence-corrected chi connectivity index (χ0v) is 19.6. The molecule has 0 aromatic heterocycles. The van der Waals surface area contributed by atoms with Gasteiger partial charge in [-0.2, -0.15) is 0 Å². The summed E-state index contributed by atoms with van der Waals surface area (Å²) < 4.78 is 5.07. The average Bonchev–Trinajstić information content (AvgIpc) is 3.44. The summed E-state index contributed by atoms with van der Waals surface area (Å²) in [7, 11) is 0. The highest BCUT2D eigenvalue weighted by Gasteiger charge is 2.60. The summed E-state index contributed by atoms with van der Waals surface area (Å²) in [5.74, 6) is -1.95. The first-order valence-corrected chi connectivity index (χ1v) is 11.6. The van der Waals surface area contributed by atoms with Crippen LogP contribution < -0.4 is 10.2 Å². The van der Waals surface area contributed by atoms with E-state index in [1.54, 1.807) is 24.3 Å². The molecule has 174 valence electrons. The molecule has 2 fully saturated rings. The number of amides is 3. The number of anilines is 2. The van der Waals surface area contributed by atoms with Gasteiger partial charge >= 0.3 is 5.97 Å². The first-order valence-electron chi connectivity index (χ1n) is 10.8. The number of hydrogen-bond donors (Lipinski definition) is 1. The van der Waals surface area contributed by atoms with Crippen LogP contribution in [0, 0.1) is 23.7 Å². The van der Waals surface area contributed by atoms with Gasteiger partial charge in [-0.05, 0) is 67.6 Å². The van der Waals surface area contributed by atoms with Crippen LogP contribution in [-0.2, 0) is 19.1 Å². The second kappa shape index (κ2) is 8.56. The highest BCUT2D eigenvalue weighted by molar-refractivity contribution is 6.36. The normalized spacial score (nSPS) is 24.8. The molecular weight excluding hydrogens is 479 g/mol. The van der Waals surface area contributed by atoms with Crippen molar-refractivity contribution in [3.63, 3.8) is 0 Å². The Balaban J connectivity index is 1.21. The second-order valence-electron chi connectivity index (χ2n) is 8.78. The quantitative estimate of drug-likeness (QED) is 0.372. The largest absolute Gasteiger partial charge is 0.452 e. The van der Waals surface area contributed by atoms with E-state index in [2.05, 4.69) is 11.4 Å². The van der Waals surface area contributed by atoms with Crippen LogP contribution in [-0.4, -0.2) is 30.3 Å². The van der Waals surface area contributed by atoms with Crippen molar-refractivity contribution in [2.75, 3.05) is 16.8 Å². The van der Waals surface area contributed by atoms with Gasteiger partial charge in [0.05, 0.1) is 33.8 Å². The minimum Gasteiger partial charge on any atom is -0.452 e. The van der Waals surface area contributed by atoms with Gasteiger partial charge in [-0.3, -0.25) is 19.3 Å². The van der Waals surface area contributed by atoms with Crippen LogP contribution in [0.2, 0.25) is 10.0 Å². The smallest absolute Gasteiger partial charge is 0.338 e. The molecule has 3 amide bonds. The van der Waals surface area contributed by atoms with Gasteiger partial charge in [0.15, 0.2) is 6.61 Å². The summed E-state index contributed by atoms with van der Waals surface area (Å²) in [5, 5.41) is 3.23. The molecule has 34 heavy (non-hydrogen) atoms. The summed E-state index contributed by atoms with van der Waals surface area (Å²) in [4.78, 5) is 51.7. The number of esters is 1. The molecule has 2 bridgehead atoms. The van der Waals surface area contributed by atoms with E-state index in [0.29, 0.717) is 16.4 Å². The van der Waals surface area contributed by atoms with Crippen molar-refractivity contribution in [2.24, 2.45) is 23.7 Å². The number of carbonyl (C=O) groups is 4. The SMILES string of the molecule is CC1=C[C@H]2C[C@H]1[C@H]1C(=O)N(c3ccc(C(=O)OCC(=O)Nc4ccc(Cl)cc4Cl)cc3)C(=O)[C@H]12. The van der Waals surface area contributed by atoms with Gasteiger partial charge in [0.2, 0.25) is 11.8 Å². The number of hydrogen-bond acceptors (Lipinski definition) is 5. The summed E-state index contributed by atoms with van der Waals surface area (Å²) in [6.45, 7) is 1.51. The molecule has 1 saturated carbocycles. The molecule has 2 aliphatic carbocycles. The molecule has 1 aliphatic heterocycles. The molecule has 7 nitrogen and oxygen atoms in total. The summed E-state index contributed by atoms with van der Waals surface area (Å²) >= 11 is 11.8. The van der Waals surface area contributed by atoms with Gasteiger partial charge in [0.25, 0.3) is 5.91 Å². The lowest BCUT2D eigenvalue weighted by molar-refractivity contribution is -0.123. The van der Waals surface area contributed by atoms with Crippen LogP contribution in [0.15, 0.2) is 54.1 Å². The van der Waals surface area contributed by atoms with E-state index in [4.69, 9.17) is 27.9 Å². The maximum Gasteiger partial charge on any atom is 0.338 e. The highest BCUT2D eigenvalue weighted by Crippen LogP contribution is 2.55. The van der Waals surface area contributed by atoms with E-state index >= 15 is 0 Å². The van der Waals surface area contributed by atoms with E-state index in [9.17, 15) is 19.2 Å². The van der Waals surface area contributed by atoms with Crippen LogP contribution in [0.5, 0.6) is 0 Å². The summed E-state index contributed by atoms with van der Waals surface area (Å²) in [5.41, 5.74) is 2.15. The van der Waals surface area contributed by atoms with Gasteiger partial charge in [-0.25, -0.2) is 4.79 Å². The number of benzene rings is 2. The van der Waals surface area contributed by atoms with Gasteiger partial charge in [0, 0.05) is 5.02 Å². The predicted molar refractivity (Wildman–Crippen MR) is 127 cm³/mol. The highest BCUT2D eigenvalue weighted by atomic mass is 35.5. The van der Waals surface area contributed by atoms with Gasteiger partial charge < -0.3 is 10.1 Å². The minimum absolute atomic E-state index is 0.125. The zero-order chi connectivity index (χ0) is 24.1. The molecule has 2 aromatic rings. The number of rotatable bonds is 5. The van der Waals surface area contributed by atoms with Crippen LogP contribution in [0.1, 0.15) is 23.7 Å². The number of carbonyl (C=O) groups excluding carboxylic acids is 4. The van der Waals surface area contributed by atoms with Crippen molar-refractivity contribution in [3.8, 4) is 0 Å². The fraction of sp³-hybridized carbons (Fsp3) is 0.280. The fourth-order valence-electron chi connectivity index (χ4n) is 5.27. The Bertz CT molecular complexity index is 1260. The molecule has 4 atom stereocenters. The Labute approximate surface area is 205 Å². The molecule has 0 radical (unpaired) electrons.